The number of carbonyl (C=O) groups is 2. The molecule has 4 aromatic rings. The van der Waals surface area contributed by atoms with Crippen molar-refractivity contribution in [3.8, 4) is 11.5 Å². The van der Waals surface area contributed by atoms with E-state index in [1.807, 2.05) is 61.5 Å². The van der Waals surface area contributed by atoms with E-state index < -0.39 is 28.5 Å². The van der Waals surface area contributed by atoms with Crippen LogP contribution in [0.4, 0.5) is 5.69 Å². The third kappa shape index (κ3) is 9.01. The maximum absolute atomic E-state index is 14.8. The minimum absolute atomic E-state index is 0.00930. The molecule has 49 heavy (non-hydrogen) atoms. The van der Waals surface area contributed by atoms with Gasteiger partial charge in [0.25, 0.3) is 10.0 Å². The van der Waals surface area contributed by atoms with Gasteiger partial charge in [-0.05, 0) is 67.3 Å². The van der Waals surface area contributed by atoms with Gasteiger partial charge >= 0.3 is 0 Å². The summed E-state index contributed by atoms with van der Waals surface area (Å²) in [5.41, 5.74) is 2.68. The summed E-state index contributed by atoms with van der Waals surface area (Å²) in [5, 5.41) is 3.20. The third-order valence-corrected chi connectivity index (χ3v) is 11.1. The van der Waals surface area contributed by atoms with Gasteiger partial charge in [-0.2, -0.15) is 0 Å². The first-order chi connectivity index (χ1) is 23.6. The number of benzene rings is 4. The lowest BCUT2D eigenvalue weighted by atomic mass is 10.0. The molecular weight excluding hydrogens is 706 g/mol. The van der Waals surface area contributed by atoms with Crippen LogP contribution in [0.3, 0.4) is 0 Å². The van der Waals surface area contributed by atoms with Crippen LogP contribution in [0.15, 0.2) is 106 Å². The molecule has 258 valence electrons. The molecule has 1 unspecified atom stereocenters. The molecule has 1 aliphatic carbocycles. The molecule has 4 aromatic carbocycles. The number of hydrogen-bond acceptors (Lipinski definition) is 6. The number of ether oxygens (including phenoxy) is 2. The van der Waals surface area contributed by atoms with Crippen molar-refractivity contribution in [2.75, 3.05) is 25.1 Å². The maximum Gasteiger partial charge on any atom is 0.264 e. The minimum atomic E-state index is -4.32. The maximum atomic E-state index is 14.8. The van der Waals surface area contributed by atoms with E-state index in [-0.39, 0.29) is 41.2 Å². The van der Waals surface area contributed by atoms with Gasteiger partial charge in [-0.25, -0.2) is 8.42 Å². The monoisotopic (exact) mass is 747 g/mol. The molecule has 0 saturated heterocycles. The lowest BCUT2D eigenvalue weighted by Crippen LogP contribution is -2.54. The molecule has 1 N–H and O–H groups in total. The summed E-state index contributed by atoms with van der Waals surface area (Å²) in [4.78, 5) is 30.5. The van der Waals surface area contributed by atoms with E-state index in [1.165, 1.54) is 37.3 Å². The molecule has 2 amide bonds. The molecule has 11 heteroatoms. The first-order valence-corrected chi connectivity index (χ1v) is 18.5. The van der Waals surface area contributed by atoms with Crippen molar-refractivity contribution in [3.05, 3.63) is 118 Å². The summed E-state index contributed by atoms with van der Waals surface area (Å²) in [6.07, 6.45) is 4.06. The van der Waals surface area contributed by atoms with E-state index in [9.17, 15) is 18.0 Å². The average Bonchev–Trinajstić information content (AvgIpc) is 3.62. The van der Waals surface area contributed by atoms with Crippen LogP contribution in [0.1, 0.15) is 42.4 Å². The molecule has 0 bridgehead atoms. The van der Waals surface area contributed by atoms with Gasteiger partial charge in [-0.1, -0.05) is 88.9 Å². The van der Waals surface area contributed by atoms with E-state index in [0.717, 1.165) is 51.2 Å². The molecule has 1 atom stereocenters. The van der Waals surface area contributed by atoms with Crippen LogP contribution < -0.4 is 19.1 Å². The normalized spacial score (nSPS) is 13.8. The Morgan fingerprint density at radius 1 is 0.878 bits per heavy atom. The van der Waals surface area contributed by atoms with Crippen LogP contribution in [-0.2, 0) is 32.6 Å². The Bertz CT molecular complexity index is 1830. The first-order valence-electron chi connectivity index (χ1n) is 16.3. The number of amides is 2. The zero-order valence-electron chi connectivity index (χ0n) is 28.0. The van der Waals surface area contributed by atoms with Gasteiger partial charge in [0.2, 0.25) is 11.8 Å². The highest BCUT2D eigenvalue weighted by molar-refractivity contribution is 9.10. The van der Waals surface area contributed by atoms with Gasteiger partial charge in [-0.3, -0.25) is 13.9 Å². The zero-order valence-corrected chi connectivity index (χ0v) is 30.4. The Hall–Kier alpha value is -4.35. The van der Waals surface area contributed by atoms with Gasteiger partial charge in [0.1, 0.15) is 24.1 Å². The third-order valence-electron chi connectivity index (χ3n) is 8.78. The van der Waals surface area contributed by atoms with E-state index in [2.05, 4.69) is 21.2 Å². The summed E-state index contributed by atoms with van der Waals surface area (Å²) < 4.78 is 41.9. The summed E-state index contributed by atoms with van der Waals surface area (Å²) in [6, 6.07) is 27.4. The van der Waals surface area contributed by atoms with Gasteiger partial charge < -0.3 is 19.7 Å². The van der Waals surface area contributed by atoms with Crippen LogP contribution in [0.25, 0.3) is 0 Å². The van der Waals surface area contributed by atoms with Gasteiger partial charge in [0.05, 0.1) is 24.8 Å². The number of sulfonamides is 1. The smallest absolute Gasteiger partial charge is 0.264 e. The lowest BCUT2D eigenvalue weighted by molar-refractivity contribution is -0.140. The molecule has 1 saturated carbocycles. The molecule has 0 spiro atoms. The summed E-state index contributed by atoms with van der Waals surface area (Å²) in [6.45, 7) is 1.35. The van der Waals surface area contributed by atoms with E-state index >= 15 is 0 Å². The van der Waals surface area contributed by atoms with Crippen molar-refractivity contribution >= 4 is 43.5 Å². The highest BCUT2D eigenvalue weighted by Gasteiger charge is 2.36. The van der Waals surface area contributed by atoms with Crippen molar-refractivity contribution in [2.45, 2.75) is 62.6 Å². The number of carbonyl (C=O) groups excluding carboxylic acids is 2. The Morgan fingerprint density at radius 3 is 2.18 bits per heavy atom. The fourth-order valence-corrected chi connectivity index (χ4v) is 7.73. The SMILES string of the molecule is COc1ccc(OC)c(N(CC(=O)N(Cc2ccc(Br)cc2)C(Cc2ccccc2)C(=O)NC2CCCC2)S(=O)(=O)c2ccc(C)cc2)c1. The largest absolute Gasteiger partial charge is 0.497 e. The van der Waals surface area contributed by atoms with Crippen molar-refractivity contribution < 1.29 is 27.5 Å². The quantitative estimate of drug-likeness (QED) is 0.155. The Morgan fingerprint density at radius 2 is 1.55 bits per heavy atom. The van der Waals surface area contributed by atoms with E-state index in [4.69, 9.17) is 9.47 Å². The van der Waals surface area contributed by atoms with Crippen molar-refractivity contribution in [1.82, 2.24) is 10.2 Å². The highest BCUT2D eigenvalue weighted by atomic mass is 79.9. The molecule has 5 rings (SSSR count). The molecule has 0 aliphatic heterocycles. The molecule has 0 heterocycles. The Kier molecular flexibility index (Phi) is 12.0. The average molecular weight is 749 g/mol. The number of methoxy groups -OCH3 is 2. The number of halogens is 1. The number of nitrogens with zero attached hydrogens (tertiary/aromatic N) is 2. The fourth-order valence-electron chi connectivity index (χ4n) is 6.05. The number of rotatable bonds is 14. The highest BCUT2D eigenvalue weighted by Crippen LogP contribution is 2.36. The van der Waals surface area contributed by atoms with Crippen LogP contribution in [-0.4, -0.2) is 58.0 Å². The molecule has 0 radical (unpaired) electrons. The van der Waals surface area contributed by atoms with Gasteiger partial charge in [0, 0.05) is 29.5 Å². The minimum Gasteiger partial charge on any atom is -0.497 e. The predicted molar refractivity (Wildman–Crippen MR) is 194 cm³/mol. The Labute approximate surface area is 297 Å². The second-order valence-corrected chi connectivity index (χ2v) is 15.0. The molecular formula is C38H42BrN3O6S. The van der Waals surface area contributed by atoms with Crippen molar-refractivity contribution in [1.29, 1.82) is 0 Å². The number of hydrogen-bond donors (Lipinski definition) is 1. The predicted octanol–water partition coefficient (Wildman–Crippen LogP) is 6.67. The van der Waals surface area contributed by atoms with Crippen LogP contribution in [0, 0.1) is 6.92 Å². The topological polar surface area (TPSA) is 105 Å². The molecule has 1 fully saturated rings. The lowest BCUT2D eigenvalue weighted by Gasteiger charge is -2.34. The number of nitrogens with one attached hydrogen (secondary N) is 1. The van der Waals surface area contributed by atoms with E-state index in [1.54, 1.807) is 24.3 Å². The second-order valence-electron chi connectivity index (χ2n) is 12.2. The standard InChI is InChI=1S/C38H42BrN3O6S/c1-27-13-20-33(21-14-27)49(45,46)42(34-24-32(47-2)19-22-36(34)48-3)26-37(43)41(25-29-15-17-30(39)18-16-29)35(23-28-9-5-4-6-10-28)38(44)40-31-11-7-8-12-31/h4-6,9-10,13-22,24,31,35H,7-8,11-12,23,25-26H2,1-3H3,(H,40,44). The molecule has 9 nitrogen and oxygen atoms in total. The van der Waals surface area contributed by atoms with E-state index in [0.29, 0.717) is 5.75 Å². The Balaban J connectivity index is 1.61. The summed E-state index contributed by atoms with van der Waals surface area (Å²) in [7, 11) is -1.40. The number of anilines is 1. The fraction of sp³-hybridized carbons (Fsp3) is 0.316. The van der Waals surface area contributed by atoms with Crippen molar-refractivity contribution in [3.63, 3.8) is 0 Å². The van der Waals surface area contributed by atoms with Crippen LogP contribution in [0.2, 0.25) is 0 Å². The van der Waals surface area contributed by atoms with Crippen LogP contribution in [0.5, 0.6) is 11.5 Å². The summed E-state index contributed by atoms with van der Waals surface area (Å²) in [5.74, 6) is -0.195. The van der Waals surface area contributed by atoms with Crippen molar-refractivity contribution in [2.24, 2.45) is 0 Å². The zero-order chi connectivity index (χ0) is 35.0. The first kappa shape index (κ1) is 35.9. The molecule has 0 aromatic heterocycles. The van der Waals surface area contributed by atoms with Gasteiger partial charge in [-0.15, -0.1) is 0 Å². The second kappa shape index (κ2) is 16.4. The number of aryl methyl sites for hydroxylation is 1. The van der Waals surface area contributed by atoms with Crippen LogP contribution >= 0.6 is 15.9 Å². The van der Waals surface area contributed by atoms with Gasteiger partial charge in [0.15, 0.2) is 0 Å². The summed E-state index contributed by atoms with van der Waals surface area (Å²) >= 11 is 3.48. The molecule has 1 aliphatic rings.